The van der Waals surface area contributed by atoms with Gasteiger partial charge in [0.1, 0.15) is 0 Å². The molecule has 0 aliphatic rings. The van der Waals surface area contributed by atoms with Gasteiger partial charge in [0.05, 0.1) is 6.10 Å². The van der Waals surface area contributed by atoms with Gasteiger partial charge in [0.15, 0.2) is 11.6 Å². The van der Waals surface area contributed by atoms with Gasteiger partial charge in [-0.25, -0.2) is 8.78 Å². The summed E-state index contributed by atoms with van der Waals surface area (Å²) in [6.45, 7) is 9.01. The zero-order chi connectivity index (χ0) is 15.8. The topological polar surface area (TPSA) is 23.5 Å². The Morgan fingerprint density at radius 3 is 2.38 bits per heavy atom. The highest BCUT2D eigenvalue weighted by Crippen LogP contribution is 2.22. The molecule has 0 heterocycles. The average molecular weight is 299 g/mol. The van der Waals surface area contributed by atoms with Gasteiger partial charge in [-0.3, -0.25) is 0 Å². The molecular weight excluding hydrogens is 272 g/mol. The number of rotatable bonds is 9. The number of aliphatic hydroxyl groups is 1. The average Bonchev–Trinajstić information content (AvgIpc) is 2.50. The van der Waals surface area contributed by atoms with Crippen molar-refractivity contribution < 1.29 is 13.9 Å². The quantitative estimate of drug-likeness (QED) is 0.740. The summed E-state index contributed by atoms with van der Waals surface area (Å²) in [6.07, 6.45) is 1.72. The van der Waals surface area contributed by atoms with Gasteiger partial charge in [-0.05, 0) is 24.9 Å². The summed E-state index contributed by atoms with van der Waals surface area (Å²) < 4.78 is 26.8. The first-order chi connectivity index (χ1) is 10.0. The molecule has 4 heteroatoms. The molecule has 0 aromatic heterocycles. The third kappa shape index (κ3) is 5.36. The summed E-state index contributed by atoms with van der Waals surface area (Å²) in [6, 6.07) is 3.94. The van der Waals surface area contributed by atoms with Crippen LogP contribution in [0.25, 0.3) is 0 Å². The zero-order valence-corrected chi connectivity index (χ0v) is 13.3. The maximum Gasteiger partial charge on any atom is 0.164 e. The lowest BCUT2D eigenvalue weighted by Gasteiger charge is -2.26. The molecule has 1 atom stereocenters. The Hall–Kier alpha value is -1.00. The molecule has 0 spiro atoms. The van der Waals surface area contributed by atoms with Crippen molar-refractivity contribution in [3.63, 3.8) is 0 Å². The zero-order valence-electron chi connectivity index (χ0n) is 13.3. The summed E-state index contributed by atoms with van der Waals surface area (Å²) >= 11 is 0. The molecular formula is C17H27F2NO. The molecule has 0 amide bonds. The van der Waals surface area contributed by atoms with E-state index in [0.29, 0.717) is 18.9 Å². The maximum atomic E-state index is 13.6. The molecule has 0 fully saturated rings. The van der Waals surface area contributed by atoms with Gasteiger partial charge in [-0.1, -0.05) is 45.7 Å². The SMILES string of the molecule is CCC(CC)CN(CC)CCC(O)c1cccc(F)c1F. The fourth-order valence-corrected chi connectivity index (χ4v) is 2.53. The van der Waals surface area contributed by atoms with Crippen molar-refractivity contribution in [2.24, 2.45) is 5.92 Å². The standard InChI is InChI=1S/C17H27F2NO/c1-4-13(5-2)12-20(6-3)11-10-16(21)14-8-7-9-15(18)17(14)19/h7-9,13,16,21H,4-6,10-12H2,1-3H3. The Morgan fingerprint density at radius 2 is 1.81 bits per heavy atom. The number of hydrogen-bond acceptors (Lipinski definition) is 2. The largest absolute Gasteiger partial charge is 0.388 e. The number of nitrogens with zero attached hydrogens (tertiary/aromatic N) is 1. The van der Waals surface area contributed by atoms with Crippen molar-refractivity contribution in [1.29, 1.82) is 0 Å². The third-order valence-corrected chi connectivity index (χ3v) is 4.18. The highest BCUT2D eigenvalue weighted by atomic mass is 19.2. The van der Waals surface area contributed by atoms with E-state index in [1.54, 1.807) is 0 Å². The van der Waals surface area contributed by atoms with Gasteiger partial charge < -0.3 is 10.0 Å². The lowest BCUT2D eigenvalue weighted by molar-refractivity contribution is 0.132. The molecule has 1 rings (SSSR count). The number of hydrogen-bond donors (Lipinski definition) is 1. The van der Waals surface area contributed by atoms with E-state index in [4.69, 9.17) is 0 Å². The molecule has 1 aromatic rings. The second-order valence-corrected chi connectivity index (χ2v) is 5.52. The van der Waals surface area contributed by atoms with E-state index in [1.807, 2.05) is 0 Å². The first kappa shape index (κ1) is 18.1. The second-order valence-electron chi connectivity index (χ2n) is 5.52. The van der Waals surface area contributed by atoms with Crippen LogP contribution in [-0.4, -0.2) is 29.6 Å². The first-order valence-electron chi connectivity index (χ1n) is 7.87. The van der Waals surface area contributed by atoms with E-state index in [0.717, 1.165) is 32.0 Å². The van der Waals surface area contributed by atoms with Gasteiger partial charge >= 0.3 is 0 Å². The van der Waals surface area contributed by atoms with Crippen LogP contribution in [0.2, 0.25) is 0 Å². The number of aliphatic hydroxyl groups excluding tert-OH is 1. The van der Waals surface area contributed by atoms with E-state index < -0.39 is 17.7 Å². The minimum absolute atomic E-state index is 0.0496. The normalized spacial score (nSPS) is 13.1. The summed E-state index contributed by atoms with van der Waals surface area (Å²) in [5, 5.41) is 10.1. The van der Waals surface area contributed by atoms with E-state index in [2.05, 4.69) is 25.7 Å². The predicted octanol–water partition coefficient (Wildman–Crippen LogP) is 4.15. The van der Waals surface area contributed by atoms with Crippen LogP contribution in [0.15, 0.2) is 18.2 Å². The Kier molecular flexibility index (Phi) is 7.83. The van der Waals surface area contributed by atoms with Gasteiger partial charge in [-0.15, -0.1) is 0 Å². The maximum absolute atomic E-state index is 13.6. The highest BCUT2D eigenvalue weighted by molar-refractivity contribution is 5.21. The summed E-state index contributed by atoms with van der Waals surface area (Å²) in [7, 11) is 0. The monoisotopic (exact) mass is 299 g/mol. The summed E-state index contributed by atoms with van der Waals surface area (Å²) in [4.78, 5) is 2.26. The van der Waals surface area contributed by atoms with Crippen LogP contribution in [0, 0.1) is 17.6 Å². The molecule has 21 heavy (non-hydrogen) atoms. The fraction of sp³-hybridized carbons (Fsp3) is 0.647. The lowest BCUT2D eigenvalue weighted by atomic mass is 10.0. The predicted molar refractivity (Wildman–Crippen MR) is 82.1 cm³/mol. The van der Waals surface area contributed by atoms with Crippen molar-refractivity contribution >= 4 is 0 Å². The van der Waals surface area contributed by atoms with Crippen molar-refractivity contribution in [3.05, 3.63) is 35.4 Å². The molecule has 1 aromatic carbocycles. The van der Waals surface area contributed by atoms with Gasteiger partial charge in [0, 0.05) is 18.7 Å². The van der Waals surface area contributed by atoms with Crippen LogP contribution in [0.1, 0.15) is 51.7 Å². The molecule has 2 nitrogen and oxygen atoms in total. The summed E-state index contributed by atoms with van der Waals surface area (Å²) in [5.74, 6) is -1.20. The van der Waals surface area contributed by atoms with Crippen LogP contribution in [-0.2, 0) is 0 Å². The van der Waals surface area contributed by atoms with Crippen LogP contribution in [0.3, 0.4) is 0 Å². The van der Waals surface area contributed by atoms with Gasteiger partial charge in [0.25, 0.3) is 0 Å². The van der Waals surface area contributed by atoms with E-state index in [1.165, 1.54) is 12.1 Å². The van der Waals surface area contributed by atoms with Crippen molar-refractivity contribution in [3.8, 4) is 0 Å². The third-order valence-electron chi connectivity index (χ3n) is 4.18. The van der Waals surface area contributed by atoms with Crippen molar-refractivity contribution in [1.82, 2.24) is 4.90 Å². The molecule has 1 unspecified atom stereocenters. The van der Waals surface area contributed by atoms with Crippen LogP contribution in [0.4, 0.5) is 8.78 Å². The molecule has 0 bridgehead atoms. The fourth-order valence-electron chi connectivity index (χ4n) is 2.53. The van der Waals surface area contributed by atoms with Crippen molar-refractivity contribution in [2.75, 3.05) is 19.6 Å². The number of benzene rings is 1. The minimum atomic E-state index is -0.962. The molecule has 0 saturated heterocycles. The van der Waals surface area contributed by atoms with Gasteiger partial charge in [0.2, 0.25) is 0 Å². The van der Waals surface area contributed by atoms with E-state index in [-0.39, 0.29) is 5.56 Å². The lowest BCUT2D eigenvalue weighted by Crippen LogP contribution is -2.31. The molecule has 0 radical (unpaired) electrons. The molecule has 120 valence electrons. The second kappa shape index (κ2) is 9.11. The van der Waals surface area contributed by atoms with E-state index >= 15 is 0 Å². The molecule has 0 aliphatic heterocycles. The summed E-state index contributed by atoms with van der Waals surface area (Å²) in [5.41, 5.74) is 0.0496. The van der Waals surface area contributed by atoms with E-state index in [9.17, 15) is 13.9 Å². The molecule has 0 aliphatic carbocycles. The van der Waals surface area contributed by atoms with Crippen LogP contribution < -0.4 is 0 Å². The minimum Gasteiger partial charge on any atom is -0.388 e. The molecule has 0 saturated carbocycles. The Labute approximate surface area is 126 Å². The smallest absolute Gasteiger partial charge is 0.164 e. The Balaban J connectivity index is 2.57. The first-order valence-corrected chi connectivity index (χ1v) is 7.87. The highest BCUT2D eigenvalue weighted by Gasteiger charge is 2.17. The molecule has 1 N–H and O–H groups in total. The van der Waals surface area contributed by atoms with Gasteiger partial charge in [-0.2, -0.15) is 0 Å². The Bertz CT molecular complexity index is 421. The van der Waals surface area contributed by atoms with Crippen molar-refractivity contribution in [2.45, 2.75) is 46.1 Å². The van der Waals surface area contributed by atoms with Crippen LogP contribution >= 0.6 is 0 Å². The number of halogens is 2. The van der Waals surface area contributed by atoms with Crippen LogP contribution in [0.5, 0.6) is 0 Å². The Morgan fingerprint density at radius 1 is 1.14 bits per heavy atom.